The smallest absolute Gasteiger partial charge is 0.189 e. The lowest BCUT2D eigenvalue weighted by atomic mass is 10.0. The Morgan fingerprint density at radius 3 is 2.25 bits per heavy atom. The molecule has 1 fully saturated rings. The van der Waals surface area contributed by atoms with Gasteiger partial charge in [0.05, 0.1) is 6.61 Å². The molecule has 1 heterocycles. The van der Waals surface area contributed by atoms with Crippen molar-refractivity contribution in [3.63, 3.8) is 0 Å². The molecule has 0 bridgehead atoms. The first-order valence-corrected chi connectivity index (χ1v) is 3.52. The van der Waals surface area contributed by atoms with E-state index in [-0.39, 0.29) is 0 Å². The van der Waals surface area contributed by atoms with Crippen LogP contribution in [-0.2, 0) is 4.74 Å². The molecule has 0 aromatic heterocycles. The molecule has 5 nitrogen and oxygen atoms in total. The van der Waals surface area contributed by atoms with Crippen molar-refractivity contribution >= 4 is 0 Å². The highest BCUT2D eigenvalue weighted by atomic mass is 19.1. The second-order valence-electron chi connectivity index (χ2n) is 2.67. The Kier molecular flexibility index (Phi) is 2.97. The quantitative estimate of drug-likeness (QED) is 0.368. The van der Waals surface area contributed by atoms with Gasteiger partial charge in [-0.25, -0.2) is 4.39 Å². The number of hydrogen-bond acceptors (Lipinski definition) is 5. The highest BCUT2D eigenvalue weighted by Crippen LogP contribution is 2.21. The van der Waals surface area contributed by atoms with Crippen LogP contribution in [0.5, 0.6) is 0 Å². The first-order valence-electron chi connectivity index (χ1n) is 3.52. The van der Waals surface area contributed by atoms with Crippen LogP contribution in [0.25, 0.3) is 0 Å². The van der Waals surface area contributed by atoms with Gasteiger partial charge in [-0.15, -0.1) is 0 Å². The fourth-order valence-corrected chi connectivity index (χ4v) is 1.06. The lowest BCUT2D eigenvalue weighted by Crippen LogP contribution is -2.56. The zero-order valence-corrected chi connectivity index (χ0v) is 6.17. The summed E-state index contributed by atoms with van der Waals surface area (Å²) in [7, 11) is 0. The number of aliphatic hydroxyl groups is 4. The van der Waals surface area contributed by atoms with Crippen molar-refractivity contribution in [2.24, 2.45) is 0 Å². The van der Waals surface area contributed by atoms with Crippen LogP contribution in [0.1, 0.15) is 0 Å². The van der Waals surface area contributed by atoms with Crippen LogP contribution in [0.3, 0.4) is 0 Å². The highest BCUT2D eigenvalue weighted by Gasteiger charge is 2.43. The summed E-state index contributed by atoms with van der Waals surface area (Å²) in [6.45, 7) is -0.581. The normalized spacial score (nSPS) is 49.2. The Labute approximate surface area is 68.0 Å². The van der Waals surface area contributed by atoms with Gasteiger partial charge >= 0.3 is 0 Å². The van der Waals surface area contributed by atoms with Crippen LogP contribution in [0, 0.1) is 0 Å². The topological polar surface area (TPSA) is 90.2 Å². The Bertz CT molecular complexity index is 150. The van der Waals surface area contributed by atoms with Crippen LogP contribution in [0.2, 0.25) is 0 Å². The molecule has 1 aliphatic rings. The summed E-state index contributed by atoms with van der Waals surface area (Å²) in [6.07, 6.45) is -8.19. The van der Waals surface area contributed by atoms with Gasteiger partial charge < -0.3 is 25.2 Å². The van der Waals surface area contributed by atoms with E-state index >= 15 is 0 Å². The summed E-state index contributed by atoms with van der Waals surface area (Å²) < 4.78 is 17.1. The maximum absolute atomic E-state index is 12.7. The molecule has 0 saturated carbocycles. The van der Waals surface area contributed by atoms with Crippen LogP contribution < -0.4 is 0 Å². The first-order chi connectivity index (χ1) is 5.57. The molecule has 1 aliphatic heterocycles. The van der Waals surface area contributed by atoms with Crippen LogP contribution in [0.4, 0.5) is 4.39 Å². The SMILES string of the molecule is OCC1OC(O)C(F)[C@H](O)[C@@H]1O. The Morgan fingerprint density at radius 2 is 1.75 bits per heavy atom. The molecule has 12 heavy (non-hydrogen) atoms. The molecule has 72 valence electrons. The Morgan fingerprint density at radius 1 is 1.17 bits per heavy atom. The molecule has 5 atom stereocenters. The van der Waals surface area contributed by atoms with E-state index in [0.29, 0.717) is 0 Å². The second kappa shape index (κ2) is 3.63. The summed E-state index contributed by atoms with van der Waals surface area (Å²) in [5.74, 6) is 0. The van der Waals surface area contributed by atoms with Gasteiger partial charge in [-0.2, -0.15) is 0 Å². The molecule has 3 unspecified atom stereocenters. The van der Waals surface area contributed by atoms with Crippen molar-refractivity contribution in [2.75, 3.05) is 6.61 Å². The van der Waals surface area contributed by atoms with Gasteiger partial charge in [-0.3, -0.25) is 0 Å². The van der Waals surface area contributed by atoms with Crippen LogP contribution >= 0.6 is 0 Å². The van der Waals surface area contributed by atoms with Gasteiger partial charge in [0, 0.05) is 0 Å². The lowest BCUT2D eigenvalue weighted by molar-refractivity contribution is -0.271. The van der Waals surface area contributed by atoms with E-state index in [9.17, 15) is 4.39 Å². The van der Waals surface area contributed by atoms with Gasteiger partial charge in [0.2, 0.25) is 0 Å². The second-order valence-corrected chi connectivity index (χ2v) is 2.67. The van der Waals surface area contributed by atoms with Crippen LogP contribution in [0.15, 0.2) is 0 Å². The van der Waals surface area contributed by atoms with Crippen molar-refractivity contribution in [1.29, 1.82) is 0 Å². The minimum absolute atomic E-state index is 0.581. The maximum atomic E-state index is 12.7. The monoisotopic (exact) mass is 182 g/mol. The number of halogens is 1. The van der Waals surface area contributed by atoms with E-state index in [1.165, 1.54) is 0 Å². The third kappa shape index (κ3) is 1.57. The van der Waals surface area contributed by atoms with Crippen molar-refractivity contribution in [1.82, 2.24) is 0 Å². The average Bonchev–Trinajstić information content (AvgIpc) is 2.08. The summed E-state index contributed by atoms with van der Waals surface area (Å²) >= 11 is 0. The molecule has 0 radical (unpaired) electrons. The van der Waals surface area contributed by atoms with Crippen molar-refractivity contribution in [2.45, 2.75) is 30.8 Å². The molecular weight excluding hydrogens is 171 g/mol. The van der Waals surface area contributed by atoms with E-state index in [4.69, 9.17) is 20.4 Å². The van der Waals surface area contributed by atoms with Gasteiger partial charge in [0.25, 0.3) is 0 Å². The van der Waals surface area contributed by atoms with Crippen molar-refractivity contribution in [3.8, 4) is 0 Å². The van der Waals surface area contributed by atoms with E-state index in [1.54, 1.807) is 0 Å². The number of ether oxygens (including phenoxy) is 1. The highest BCUT2D eigenvalue weighted by molar-refractivity contribution is 4.88. The van der Waals surface area contributed by atoms with Crippen molar-refractivity contribution in [3.05, 3.63) is 0 Å². The number of alkyl halides is 1. The molecule has 4 N–H and O–H groups in total. The standard InChI is InChI=1S/C6H11FO5/c7-3-5(10)4(9)2(1-8)12-6(3)11/h2-6,8-11H,1H2/t2?,3?,4-,5+,6?/m1/s1. The molecule has 1 rings (SSSR count). The largest absolute Gasteiger partial charge is 0.394 e. The summed E-state index contributed by atoms with van der Waals surface area (Å²) in [5.41, 5.74) is 0. The van der Waals surface area contributed by atoms with Gasteiger partial charge in [0.1, 0.15) is 18.3 Å². The fraction of sp³-hybridized carbons (Fsp3) is 1.00. The van der Waals surface area contributed by atoms with Gasteiger partial charge in [-0.05, 0) is 0 Å². The first kappa shape index (κ1) is 9.82. The summed E-state index contributed by atoms with van der Waals surface area (Å²) in [5, 5.41) is 35.3. The molecule has 0 aromatic carbocycles. The number of hydrogen-bond donors (Lipinski definition) is 4. The lowest BCUT2D eigenvalue weighted by Gasteiger charge is -2.36. The predicted molar refractivity (Wildman–Crippen MR) is 34.9 cm³/mol. The number of aliphatic hydroxyl groups excluding tert-OH is 4. The molecule has 0 spiro atoms. The minimum Gasteiger partial charge on any atom is -0.394 e. The van der Waals surface area contributed by atoms with Gasteiger partial charge in [0.15, 0.2) is 12.5 Å². The fourth-order valence-electron chi connectivity index (χ4n) is 1.06. The summed E-state index contributed by atoms with van der Waals surface area (Å²) in [4.78, 5) is 0. The third-order valence-corrected chi connectivity index (χ3v) is 1.82. The minimum atomic E-state index is -2.04. The van der Waals surface area contributed by atoms with E-state index in [2.05, 4.69) is 4.74 Å². The van der Waals surface area contributed by atoms with E-state index in [0.717, 1.165) is 0 Å². The Balaban J connectivity index is 2.63. The third-order valence-electron chi connectivity index (χ3n) is 1.82. The number of rotatable bonds is 1. The average molecular weight is 182 g/mol. The van der Waals surface area contributed by atoms with Crippen molar-refractivity contribution < 1.29 is 29.6 Å². The maximum Gasteiger partial charge on any atom is 0.189 e. The van der Waals surface area contributed by atoms with E-state index < -0.39 is 37.4 Å². The summed E-state index contributed by atoms with van der Waals surface area (Å²) in [6, 6.07) is 0. The molecule has 0 aromatic rings. The zero-order chi connectivity index (χ0) is 9.30. The Hall–Kier alpha value is -0.270. The van der Waals surface area contributed by atoms with Gasteiger partial charge in [-0.1, -0.05) is 0 Å². The van der Waals surface area contributed by atoms with Crippen LogP contribution in [-0.4, -0.2) is 57.8 Å². The molecule has 0 aliphatic carbocycles. The zero-order valence-electron chi connectivity index (χ0n) is 6.17. The molecule has 1 saturated heterocycles. The molecule has 0 amide bonds. The molecular formula is C6H11FO5. The predicted octanol–water partition coefficient (Wildman–Crippen LogP) is -2.24. The van der Waals surface area contributed by atoms with E-state index in [1.807, 2.05) is 0 Å². The molecule has 6 heteroatoms.